The molecule has 4 aromatic rings. The summed E-state index contributed by atoms with van der Waals surface area (Å²) in [6.07, 6.45) is 5.51. The summed E-state index contributed by atoms with van der Waals surface area (Å²) in [4.78, 5) is 11.4. The molecule has 0 aliphatic rings. The van der Waals surface area contributed by atoms with E-state index in [1.54, 1.807) is 12.5 Å². The van der Waals surface area contributed by atoms with Crippen molar-refractivity contribution in [3.8, 4) is 0 Å². The van der Waals surface area contributed by atoms with Crippen LogP contribution in [0.25, 0.3) is 11.0 Å². The molecule has 0 aliphatic carbocycles. The van der Waals surface area contributed by atoms with Gasteiger partial charge in [0.15, 0.2) is 0 Å². The zero-order valence-corrected chi connectivity index (χ0v) is 13.3. The van der Waals surface area contributed by atoms with Gasteiger partial charge in [-0.25, -0.2) is 4.98 Å². The van der Waals surface area contributed by atoms with E-state index in [0.29, 0.717) is 6.61 Å². The van der Waals surface area contributed by atoms with Crippen molar-refractivity contribution in [3.63, 3.8) is 0 Å². The Balaban J connectivity index is 1.56. The molecule has 2 aromatic carbocycles. The fourth-order valence-corrected chi connectivity index (χ4v) is 2.67. The summed E-state index contributed by atoms with van der Waals surface area (Å²) in [6, 6.07) is 14.3. The van der Waals surface area contributed by atoms with Crippen LogP contribution in [0, 0.1) is 6.92 Å². The minimum atomic E-state index is 0.450. The van der Waals surface area contributed by atoms with Gasteiger partial charge in [-0.3, -0.25) is 0 Å². The Hall–Kier alpha value is -3.15. The summed E-state index contributed by atoms with van der Waals surface area (Å²) < 4.78 is 2.02. The van der Waals surface area contributed by atoms with Crippen LogP contribution >= 0.6 is 0 Å². The Kier molecular flexibility index (Phi) is 3.70. The highest BCUT2D eigenvalue weighted by molar-refractivity contribution is 5.74. The van der Waals surface area contributed by atoms with Crippen LogP contribution in [0.3, 0.4) is 0 Å². The van der Waals surface area contributed by atoms with Gasteiger partial charge < -0.3 is 9.40 Å². The van der Waals surface area contributed by atoms with E-state index in [1.807, 2.05) is 41.1 Å². The fraction of sp³-hybridized carbons (Fsp3) is 0.167. The molecule has 2 aromatic heterocycles. The van der Waals surface area contributed by atoms with E-state index in [1.165, 1.54) is 10.4 Å². The van der Waals surface area contributed by atoms with Gasteiger partial charge in [-0.05, 0) is 35.4 Å². The first kappa shape index (κ1) is 14.4. The van der Waals surface area contributed by atoms with Crippen LogP contribution in [-0.4, -0.2) is 24.7 Å². The molecule has 24 heavy (non-hydrogen) atoms. The Morgan fingerprint density at radius 2 is 2.04 bits per heavy atom. The van der Waals surface area contributed by atoms with E-state index in [2.05, 4.69) is 34.4 Å². The van der Waals surface area contributed by atoms with Crippen molar-refractivity contribution in [1.29, 1.82) is 0 Å². The SMILES string of the molecule is Cc1cccc(COn2nnc3ccc(Cn4ccnc4)cc32)c1. The van der Waals surface area contributed by atoms with Gasteiger partial charge in [0.1, 0.15) is 17.6 Å². The first-order valence-electron chi connectivity index (χ1n) is 7.77. The summed E-state index contributed by atoms with van der Waals surface area (Å²) in [5.74, 6) is 0. The molecule has 0 spiro atoms. The standard InChI is InChI=1S/C18H17N5O/c1-14-3-2-4-16(9-14)12-24-23-18-10-15(5-6-17(18)20-21-23)11-22-8-7-19-13-22/h2-10,13H,11-12H2,1H3. The third kappa shape index (κ3) is 2.99. The number of hydrogen-bond acceptors (Lipinski definition) is 4. The molecular formula is C18H17N5O. The number of rotatable bonds is 5. The van der Waals surface area contributed by atoms with Gasteiger partial charge in [0.05, 0.1) is 6.33 Å². The summed E-state index contributed by atoms with van der Waals surface area (Å²) in [5.41, 5.74) is 5.13. The van der Waals surface area contributed by atoms with Gasteiger partial charge in [-0.1, -0.05) is 40.7 Å². The van der Waals surface area contributed by atoms with Crippen LogP contribution in [0.1, 0.15) is 16.7 Å². The van der Waals surface area contributed by atoms with Crippen molar-refractivity contribution < 1.29 is 4.84 Å². The highest BCUT2D eigenvalue weighted by Crippen LogP contribution is 2.14. The van der Waals surface area contributed by atoms with Gasteiger partial charge in [0.25, 0.3) is 0 Å². The normalized spacial score (nSPS) is 11.0. The summed E-state index contributed by atoms with van der Waals surface area (Å²) in [7, 11) is 0. The molecule has 6 nitrogen and oxygen atoms in total. The minimum absolute atomic E-state index is 0.450. The number of nitrogens with zero attached hydrogens (tertiary/aromatic N) is 5. The third-order valence-corrected chi connectivity index (χ3v) is 3.84. The zero-order valence-electron chi connectivity index (χ0n) is 13.3. The Morgan fingerprint density at radius 3 is 2.88 bits per heavy atom. The van der Waals surface area contributed by atoms with Crippen molar-refractivity contribution in [2.45, 2.75) is 20.1 Å². The van der Waals surface area contributed by atoms with E-state index in [4.69, 9.17) is 4.84 Å². The van der Waals surface area contributed by atoms with E-state index in [-0.39, 0.29) is 0 Å². The van der Waals surface area contributed by atoms with Gasteiger partial charge in [-0.15, -0.1) is 5.10 Å². The quantitative estimate of drug-likeness (QED) is 0.567. The van der Waals surface area contributed by atoms with Gasteiger partial charge in [0, 0.05) is 18.9 Å². The lowest BCUT2D eigenvalue weighted by Gasteiger charge is -2.07. The maximum atomic E-state index is 5.81. The van der Waals surface area contributed by atoms with Crippen molar-refractivity contribution in [2.24, 2.45) is 0 Å². The number of aryl methyl sites for hydroxylation is 1. The smallest absolute Gasteiger partial charge is 0.142 e. The van der Waals surface area contributed by atoms with Crippen molar-refractivity contribution >= 4 is 11.0 Å². The predicted octanol–water partition coefficient (Wildman–Crippen LogP) is 2.61. The second-order valence-corrected chi connectivity index (χ2v) is 5.78. The van der Waals surface area contributed by atoms with Crippen LogP contribution < -0.4 is 4.84 Å². The number of imidazole rings is 1. The maximum absolute atomic E-state index is 5.81. The number of benzene rings is 2. The van der Waals surface area contributed by atoms with Gasteiger partial charge in [-0.2, -0.15) is 0 Å². The van der Waals surface area contributed by atoms with E-state index in [0.717, 1.165) is 28.7 Å². The highest BCUT2D eigenvalue weighted by Gasteiger charge is 2.07. The number of hydrogen-bond donors (Lipinski definition) is 0. The van der Waals surface area contributed by atoms with E-state index >= 15 is 0 Å². The van der Waals surface area contributed by atoms with Crippen LogP contribution in [0.2, 0.25) is 0 Å². The average molecular weight is 319 g/mol. The van der Waals surface area contributed by atoms with Gasteiger partial charge >= 0.3 is 0 Å². The van der Waals surface area contributed by atoms with Crippen LogP contribution in [0.5, 0.6) is 0 Å². The van der Waals surface area contributed by atoms with Crippen LogP contribution in [-0.2, 0) is 13.2 Å². The summed E-state index contributed by atoms with van der Waals surface area (Å²) >= 11 is 0. The largest absolute Gasteiger partial charge is 0.390 e. The molecule has 0 saturated carbocycles. The lowest BCUT2D eigenvalue weighted by atomic mass is 10.1. The molecule has 120 valence electrons. The first-order valence-corrected chi connectivity index (χ1v) is 7.77. The molecule has 0 saturated heterocycles. The topological polar surface area (TPSA) is 57.8 Å². The van der Waals surface area contributed by atoms with Crippen molar-refractivity contribution in [1.82, 2.24) is 24.7 Å². The summed E-state index contributed by atoms with van der Waals surface area (Å²) in [6.45, 7) is 3.27. The lowest BCUT2D eigenvalue weighted by molar-refractivity contribution is 0.0751. The van der Waals surface area contributed by atoms with Gasteiger partial charge in [0.2, 0.25) is 0 Å². The third-order valence-electron chi connectivity index (χ3n) is 3.84. The monoisotopic (exact) mass is 319 g/mol. The second kappa shape index (κ2) is 6.16. The Morgan fingerprint density at radius 1 is 1.08 bits per heavy atom. The molecule has 2 heterocycles. The van der Waals surface area contributed by atoms with E-state index < -0.39 is 0 Å². The molecule has 0 bridgehead atoms. The average Bonchev–Trinajstić information content (AvgIpc) is 3.23. The first-order chi connectivity index (χ1) is 11.8. The predicted molar refractivity (Wildman–Crippen MR) is 90.3 cm³/mol. The second-order valence-electron chi connectivity index (χ2n) is 5.78. The molecule has 0 atom stereocenters. The number of aromatic nitrogens is 5. The molecular weight excluding hydrogens is 302 g/mol. The lowest BCUT2D eigenvalue weighted by Crippen LogP contribution is -2.13. The maximum Gasteiger partial charge on any atom is 0.142 e. The zero-order chi connectivity index (χ0) is 16.4. The Labute approximate surface area is 139 Å². The number of fused-ring (bicyclic) bond motifs is 1. The fourth-order valence-electron chi connectivity index (χ4n) is 2.67. The molecule has 4 rings (SSSR count). The molecule has 0 aliphatic heterocycles. The van der Waals surface area contributed by atoms with Crippen LogP contribution in [0.15, 0.2) is 61.2 Å². The van der Waals surface area contributed by atoms with Crippen LogP contribution in [0.4, 0.5) is 0 Å². The molecule has 0 unspecified atom stereocenters. The molecule has 0 N–H and O–H groups in total. The minimum Gasteiger partial charge on any atom is -0.390 e. The van der Waals surface area contributed by atoms with Crippen molar-refractivity contribution in [3.05, 3.63) is 77.9 Å². The molecule has 0 amide bonds. The van der Waals surface area contributed by atoms with E-state index in [9.17, 15) is 0 Å². The molecule has 0 radical (unpaired) electrons. The molecule has 6 heteroatoms. The summed E-state index contributed by atoms with van der Waals surface area (Å²) in [5, 5.41) is 8.25. The van der Waals surface area contributed by atoms with Crippen molar-refractivity contribution in [2.75, 3.05) is 0 Å². The Bertz CT molecular complexity index is 959. The highest BCUT2D eigenvalue weighted by atomic mass is 16.7. The molecule has 0 fully saturated rings.